The van der Waals surface area contributed by atoms with E-state index in [0.717, 1.165) is 5.69 Å². The van der Waals surface area contributed by atoms with Gasteiger partial charge >= 0.3 is 11.9 Å². The summed E-state index contributed by atoms with van der Waals surface area (Å²) in [5.74, 6) is -1.05. The van der Waals surface area contributed by atoms with Crippen LogP contribution in [0.1, 0.15) is 39.3 Å². The van der Waals surface area contributed by atoms with Gasteiger partial charge in [0.1, 0.15) is 0 Å². The van der Waals surface area contributed by atoms with Crippen LogP contribution in [0.4, 0.5) is 10.8 Å². The second-order valence-corrected chi connectivity index (χ2v) is 7.34. The fourth-order valence-corrected chi connectivity index (χ4v) is 4.04. The number of para-hydroxylation sites is 1. The van der Waals surface area contributed by atoms with Crippen molar-refractivity contribution in [3.63, 3.8) is 0 Å². The van der Waals surface area contributed by atoms with Crippen LogP contribution in [0.15, 0.2) is 35.7 Å². The van der Waals surface area contributed by atoms with Crippen molar-refractivity contribution in [1.29, 1.82) is 0 Å². The van der Waals surface area contributed by atoms with Crippen molar-refractivity contribution in [2.45, 2.75) is 39.2 Å². The highest BCUT2D eigenvalue weighted by Gasteiger charge is 2.60. The van der Waals surface area contributed by atoms with Crippen molar-refractivity contribution in [2.24, 2.45) is 5.41 Å². The quantitative estimate of drug-likeness (QED) is 0.608. The Balaban J connectivity index is 1.83. The Labute approximate surface area is 156 Å². The minimum absolute atomic E-state index is 0.225. The average molecular weight is 374 g/mol. The van der Waals surface area contributed by atoms with Crippen LogP contribution in [-0.2, 0) is 24.7 Å². The van der Waals surface area contributed by atoms with Gasteiger partial charge in [0.15, 0.2) is 16.1 Å². The second kappa shape index (κ2) is 7.07. The zero-order chi connectivity index (χ0) is 18.8. The molecule has 1 N–H and O–H groups in total. The molecule has 0 radical (unpaired) electrons. The van der Waals surface area contributed by atoms with E-state index in [0.29, 0.717) is 17.2 Å². The summed E-state index contributed by atoms with van der Waals surface area (Å²) < 4.78 is 10.8. The van der Waals surface area contributed by atoms with E-state index in [4.69, 9.17) is 9.47 Å². The van der Waals surface area contributed by atoms with E-state index in [2.05, 4.69) is 10.3 Å². The molecule has 6 nitrogen and oxygen atoms in total. The van der Waals surface area contributed by atoms with E-state index < -0.39 is 23.0 Å². The summed E-state index contributed by atoms with van der Waals surface area (Å²) in [5.41, 5.74) is -0.653. The highest BCUT2D eigenvalue weighted by atomic mass is 32.1. The molecule has 3 rings (SSSR count). The summed E-state index contributed by atoms with van der Waals surface area (Å²) >= 11 is 1.43. The Morgan fingerprint density at radius 3 is 2.73 bits per heavy atom. The van der Waals surface area contributed by atoms with E-state index in [1.165, 1.54) is 11.3 Å². The molecule has 1 aliphatic heterocycles. The molecule has 1 aromatic carbocycles. The van der Waals surface area contributed by atoms with Gasteiger partial charge in [-0.05, 0) is 32.4 Å². The van der Waals surface area contributed by atoms with Crippen LogP contribution in [0.25, 0.3) is 0 Å². The molecule has 26 heavy (non-hydrogen) atoms. The molecule has 0 saturated carbocycles. The first-order valence-electron chi connectivity index (χ1n) is 8.62. The zero-order valence-electron chi connectivity index (χ0n) is 15.1. The highest BCUT2D eigenvalue weighted by Crippen LogP contribution is 2.49. The predicted molar refractivity (Wildman–Crippen MR) is 99.3 cm³/mol. The molecule has 1 aromatic heterocycles. The lowest BCUT2D eigenvalue weighted by molar-refractivity contribution is -0.166. The Morgan fingerprint density at radius 2 is 2.08 bits per heavy atom. The normalized spacial score (nSPS) is 25.0. The molecule has 2 aromatic rings. The number of ether oxygens (including phenoxy) is 2. The van der Waals surface area contributed by atoms with Gasteiger partial charge in [-0.2, -0.15) is 0 Å². The smallest absolute Gasteiger partial charge is 0.324 e. The average Bonchev–Trinajstić information content (AvgIpc) is 3.20. The number of rotatable bonds is 6. The maximum atomic E-state index is 12.6. The first-order chi connectivity index (χ1) is 12.4. The van der Waals surface area contributed by atoms with Crippen molar-refractivity contribution in [3.8, 4) is 0 Å². The van der Waals surface area contributed by atoms with Gasteiger partial charge in [0.05, 0.1) is 12.3 Å². The van der Waals surface area contributed by atoms with E-state index >= 15 is 0 Å². The predicted octanol–water partition coefficient (Wildman–Crippen LogP) is 4.01. The summed E-state index contributed by atoms with van der Waals surface area (Å²) in [6.45, 7) is 5.55. The number of cyclic esters (lactones) is 1. The Morgan fingerprint density at radius 1 is 1.35 bits per heavy atom. The van der Waals surface area contributed by atoms with E-state index in [9.17, 15) is 9.59 Å². The summed E-state index contributed by atoms with van der Waals surface area (Å²) in [7, 11) is 0. The van der Waals surface area contributed by atoms with Crippen LogP contribution in [-0.4, -0.2) is 23.5 Å². The summed E-state index contributed by atoms with van der Waals surface area (Å²) in [6, 6.07) is 9.71. The van der Waals surface area contributed by atoms with Crippen molar-refractivity contribution in [3.05, 3.63) is 41.4 Å². The molecule has 1 fully saturated rings. The Bertz CT molecular complexity index is 807. The third-order valence-corrected chi connectivity index (χ3v) is 5.45. The monoisotopic (exact) mass is 374 g/mol. The van der Waals surface area contributed by atoms with Gasteiger partial charge in [-0.1, -0.05) is 25.1 Å². The van der Waals surface area contributed by atoms with Crippen molar-refractivity contribution >= 4 is 34.1 Å². The van der Waals surface area contributed by atoms with Crippen LogP contribution in [0, 0.1) is 5.41 Å². The van der Waals surface area contributed by atoms with E-state index in [-0.39, 0.29) is 13.0 Å². The topological polar surface area (TPSA) is 77.5 Å². The number of carbonyl (C=O) groups is 2. The van der Waals surface area contributed by atoms with Crippen LogP contribution in [0.2, 0.25) is 0 Å². The fraction of sp³-hybridized carbons (Fsp3) is 0.421. The lowest BCUT2D eigenvalue weighted by Crippen LogP contribution is -2.37. The molecular formula is C19H22N2O4S. The summed E-state index contributed by atoms with van der Waals surface area (Å²) in [4.78, 5) is 29.6. The first kappa shape index (κ1) is 18.4. The molecule has 1 aliphatic rings. The van der Waals surface area contributed by atoms with Gasteiger partial charge in [0, 0.05) is 17.5 Å². The molecule has 0 spiro atoms. The number of aromatic nitrogens is 1. The summed E-state index contributed by atoms with van der Waals surface area (Å²) in [6.07, 6.45) is 0.558. The second-order valence-electron chi connectivity index (χ2n) is 6.48. The van der Waals surface area contributed by atoms with E-state index in [1.54, 1.807) is 20.8 Å². The highest BCUT2D eigenvalue weighted by molar-refractivity contribution is 7.13. The Hall–Kier alpha value is -2.41. The maximum Gasteiger partial charge on any atom is 0.324 e. The van der Waals surface area contributed by atoms with Crippen molar-refractivity contribution in [2.75, 3.05) is 11.9 Å². The number of nitrogens with one attached hydrogen (secondary N) is 1. The van der Waals surface area contributed by atoms with Crippen LogP contribution < -0.4 is 5.32 Å². The maximum absolute atomic E-state index is 12.6. The third-order valence-electron chi connectivity index (χ3n) is 4.69. The molecule has 1 saturated heterocycles. The van der Waals surface area contributed by atoms with Gasteiger partial charge < -0.3 is 14.8 Å². The third kappa shape index (κ3) is 3.19. The molecule has 2 heterocycles. The molecule has 2 atom stereocenters. The number of nitrogens with zero attached hydrogens (tertiary/aromatic N) is 1. The summed E-state index contributed by atoms with van der Waals surface area (Å²) in [5, 5.41) is 5.79. The SMILES string of the molecule is CCOC(=O)[C@@]1(CC)C[C@](C)(c2csc(Nc3ccccc3)n2)OC1=O. The minimum Gasteiger partial charge on any atom is -0.465 e. The Kier molecular flexibility index (Phi) is 5.00. The lowest BCUT2D eigenvalue weighted by atomic mass is 9.78. The largest absolute Gasteiger partial charge is 0.465 e. The molecule has 0 bridgehead atoms. The number of hydrogen-bond acceptors (Lipinski definition) is 7. The number of esters is 2. The molecule has 0 amide bonds. The number of benzene rings is 1. The van der Waals surface area contributed by atoms with Gasteiger partial charge in [0.2, 0.25) is 0 Å². The van der Waals surface area contributed by atoms with Crippen molar-refractivity contribution < 1.29 is 19.1 Å². The van der Waals surface area contributed by atoms with Gasteiger partial charge in [-0.15, -0.1) is 11.3 Å². The van der Waals surface area contributed by atoms with Crippen LogP contribution in [0.3, 0.4) is 0 Å². The van der Waals surface area contributed by atoms with Gasteiger partial charge in [-0.25, -0.2) is 4.98 Å². The van der Waals surface area contributed by atoms with Crippen LogP contribution in [0.5, 0.6) is 0 Å². The minimum atomic E-state index is -1.26. The number of hydrogen-bond donors (Lipinski definition) is 1. The standard InChI is InChI=1S/C19H22N2O4S/c1-4-19(15(22)24-5-2)12-18(3,25-16(19)23)14-11-26-17(21-14)20-13-9-7-6-8-10-13/h6-11H,4-5,12H2,1-3H3,(H,20,21)/t18-,19-/m1/s1. The molecule has 0 aliphatic carbocycles. The zero-order valence-corrected chi connectivity index (χ0v) is 15.9. The van der Waals surface area contributed by atoms with Gasteiger partial charge in [0.25, 0.3) is 0 Å². The fourth-order valence-electron chi connectivity index (χ4n) is 3.19. The number of carbonyl (C=O) groups excluding carboxylic acids is 2. The first-order valence-corrected chi connectivity index (χ1v) is 9.50. The lowest BCUT2D eigenvalue weighted by Gasteiger charge is -2.23. The number of thiazole rings is 1. The molecule has 138 valence electrons. The molecule has 0 unspecified atom stereocenters. The molecular weight excluding hydrogens is 352 g/mol. The van der Waals surface area contributed by atoms with Crippen LogP contribution >= 0.6 is 11.3 Å². The van der Waals surface area contributed by atoms with Gasteiger partial charge in [-0.3, -0.25) is 9.59 Å². The number of anilines is 2. The molecule has 7 heteroatoms. The van der Waals surface area contributed by atoms with Crippen molar-refractivity contribution in [1.82, 2.24) is 4.98 Å². The van der Waals surface area contributed by atoms with E-state index in [1.807, 2.05) is 35.7 Å².